The Kier molecular flexibility index (Phi) is 12.4. The van der Waals surface area contributed by atoms with Crippen molar-refractivity contribution in [3.63, 3.8) is 0 Å². The van der Waals surface area contributed by atoms with E-state index in [4.69, 9.17) is 5.73 Å². The van der Waals surface area contributed by atoms with E-state index in [1.54, 1.807) is 0 Å². The second kappa shape index (κ2) is 12.9. The molecule has 1 atom stereocenters. The van der Waals surface area contributed by atoms with Gasteiger partial charge in [0.05, 0.1) is 0 Å². The smallest absolute Gasteiger partial charge is 0.244 e. The van der Waals surface area contributed by atoms with Gasteiger partial charge in [-0.2, -0.15) is 0 Å². The highest BCUT2D eigenvalue weighted by molar-refractivity contribution is 5.91. The first kappa shape index (κ1) is 20.2. The maximum absolute atomic E-state index is 11.2. The molecule has 0 fully saturated rings. The van der Waals surface area contributed by atoms with E-state index in [1.165, 1.54) is 51.4 Å². The van der Waals surface area contributed by atoms with E-state index >= 15 is 0 Å². The van der Waals surface area contributed by atoms with Crippen molar-refractivity contribution in [1.29, 1.82) is 0 Å². The lowest BCUT2D eigenvalue weighted by Gasteiger charge is -2.27. The van der Waals surface area contributed by atoms with Crippen molar-refractivity contribution in [2.24, 2.45) is 5.73 Å². The van der Waals surface area contributed by atoms with Crippen LogP contribution in [0.1, 0.15) is 79.1 Å². The maximum atomic E-state index is 11.2. The van der Waals surface area contributed by atoms with Crippen molar-refractivity contribution in [3.8, 4) is 0 Å². The molecule has 0 aromatic heterocycles. The van der Waals surface area contributed by atoms with Gasteiger partial charge in [0.15, 0.2) is 0 Å². The number of hydrogen-bond donors (Lipinski definition) is 1. The van der Waals surface area contributed by atoms with Crippen LogP contribution in [0.4, 0.5) is 0 Å². The van der Waals surface area contributed by atoms with Crippen molar-refractivity contribution < 1.29 is 4.79 Å². The van der Waals surface area contributed by atoms with Crippen molar-refractivity contribution in [2.45, 2.75) is 85.1 Å². The largest absolute Gasteiger partial charge is 0.366 e. The van der Waals surface area contributed by atoms with Crippen LogP contribution in [0.25, 0.3) is 0 Å². The predicted molar refractivity (Wildman–Crippen MR) is 92.3 cm³/mol. The first-order valence-electron chi connectivity index (χ1n) is 8.75. The van der Waals surface area contributed by atoms with Gasteiger partial charge < -0.3 is 5.73 Å². The number of rotatable bonds is 13. The summed E-state index contributed by atoms with van der Waals surface area (Å²) in [5.41, 5.74) is 6.01. The summed E-state index contributed by atoms with van der Waals surface area (Å²) in [6.45, 7) is 10.7. The third kappa shape index (κ3) is 10.5. The molecule has 1 amide bonds. The molecule has 0 aromatic carbocycles. The minimum absolute atomic E-state index is 0.292. The zero-order valence-corrected chi connectivity index (χ0v) is 14.7. The molecule has 0 aliphatic carbocycles. The molecule has 2 N–H and O–H groups in total. The summed E-state index contributed by atoms with van der Waals surface area (Å²) in [4.78, 5) is 13.7. The van der Waals surface area contributed by atoms with E-state index in [2.05, 4.69) is 25.7 Å². The van der Waals surface area contributed by atoms with Crippen LogP contribution in [0.15, 0.2) is 11.6 Å². The first-order valence-corrected chi connectivity index (χ1v) is 8.75. The molecule has 0 saturated carbocycles. The number of unbranched alkanes of at least 4 members (excludes halogenated alkanes) is 6. The highest BCUT2D eigenvalue weighted by Gasteiger charge is 2.12. The van der Waals surface area contributed by atoms with E-state index in [9.17, 15) is 4.79 Å². The highest BCUT2D eigenvalue weighted by atomic mass is 16.1. The Labute approximate surface area is 132 Å². The zero-order valence-electron chi connectivity index (χ0n) is 14.7. The molecule has 0 rings (SSSR count). The quantitative estimate of drug-likeness (QED) is 0.407. The average Bonchev–Trinajstić information content (AvgIpc) is 2.45. The fourth-order valence-electron chi connectivity index (χ4n) is 2.55. The highest BCUT2D eigenvalue weighted by Crippen LogP contribution is 2.11. The second-order valence-corrected chi connectivity index (χ2v) is 6.11. The average molecular weight is 296 g/mol. The predicted octanol–water partition coefficient (Wildman–Crippen LogP) is 4.27. The first-order chi connectivity index (χ1) is 10.0. The van der Waals surface area contributed by atoms with Crippen LogP contribution in [0.3, 0.4) is 0 Å². The summed E-state index contributed by atoms with van der Waals surface area (Å²) in [6.07, 6.45) is 12.3. The van der Waals surface area contributed by atoms with Gasteiger partial charge in [-0.15, -0.1) is 0 Å². The van der Waals surface area contributed by atoms with Crippen molar-refractivity contribution in [1.82, 2.24) is 4.90 Å². The molecule has 3 heteroatoms. The summed E-state index contributed by atoms with van der Waals surface area (Å²) in [5, 5.41) is 0. The third-order valence-corrected chi connectivity index (χ3v) is 4.05. The van der Waals surface area contributed by atoms with Gasteiger partial charge in [-0.05, 0) is 39.8 Å². The molecule has 0 aliphatic heterocycles. The Hall–Kier alpha value is -0.830. The fourth-order valence-corrected chi connectivity index (χ4v) is 2.55. The van der Waals surface area contributed by atoms with Gasteiger partial charge in [0.25, 0.3) is 0 Å². The van der Waals surface area contributed by atoms with Crippen LogP contribution in [0.2, 0.25) is 0 Å². The Balaban J connectivity index is 4.39. The normalized spacial score (nSPS) is 13.7. The molecule has 0 aromatic rings. The molecule has 21 heavy (non-hydrogen) atoms. The van der Waals surface area contributed by atoms with E-state index in [1.807, 2.05) is 13.0 Å². The fraction of sp³-hybridized carbons (Fsp3) is 0.833. The van der Waals surface area contributed by atoms with Gasteiger partial charge in [-0.1, -0.05) is 58.4 Å². The molecule has 3 nitrogen and oxygen atoms in total. The molecule has 1 unspecified atom stereocenters. The lowest BCUT2D eigenvalue weighted by molar-refractivity contribution is -0.114. The SMILES string of the molecule is CCCCCCN(CCCCCC)C(C)/C=C(\C)C(N)=O. The van der Waals surface area contributed by atoms with Crippen LogP contribution in [-0.4, -0.2) is 29.9 Å². The monoisotopic (exact) mass is 296 g/mol. The summed E-state index contributed by atoms with van der Waals surface area (Å²) >= 11 is 0. The Morgan fingerprint density at radius 3 is 1.86 bits per heavy atom. The van der Waals surface area contributed by atoms with E-state index in [0.29, 0.717) is 11.6 Å². The molecule has 0 saturated heterocycles. The van der Waals surface area contributed by atoms with E-state index in [0.717, 1.165) is 13.1 Å². The number of nitrogens with two attached hydrogens (primary N) is 1. The number of carbonyl (C=O) groups excluding carboxylic acids is 1. The summed E-state index contributed by atoms with van der Waals surface area (Å²) in [5.74, 6) is -0.307. The lowest BCUT2D eigenvalue weighted by atomic mass is 10.1. The van der Waals surface area contributed by atoms with E-state index in [-0.39, 0.29) is 5.91 Å². The third-order valence-electron chi connectivity index (χ3n) is 4.05. The van der Waals surface area contributed by atoms with Crippen LogP contribution < -0.4 is 5.73 Å². The molecule has 0 bridgehead atoms. The van der Waals surface area contributed by atoms with Gasteiger partial charge in [0.2, 0.25) is 5.91 Å². The second-order valence-electron chi connectivity index (χ2n) is 6.11. The van der Waals surface area contributed by atoms with Gasteiger partial charge in [-0.25, -0.2) is 0 Å². The number of hydrogen-bond acceptors (Lipinski definition) is 2. The molecular formula is C18H36N2O. The Bertz CT molecular complexity index is 288. The number of primary amides is 1. The molecular weight excluding hydrogens is 260 g/mol. The summed E-state index contributed by atoms with van der Waals surface area (Å²) in [6, 6.07) is 0.292. The number of amides is 1. The van der Waals surface area contributed by atoms with Gasteiger partial charge in [0.1, 0.15) is 0 Å². The lowest BCUT2D eigenvalue weighted by Crippen LogP contribution is -2.34. The topological polar surface area (TPSA) is 46.3 Å². The molecule has 0 aliphatic rings. The molecule has 0 radical (unpaired) electrons. The standard InChI is InChI=1S/C18H36N2O/c1-5-7-9-11-13-20(14-12-10-8-6-2)17(4)15-16(3)18(19)21/h15,17H,5-14H2,1-4H3,(H2,19,21)/b16-15+. The van der Waals surface area contributed by atoms with Crippen molar-refractivity contribution >= 4 is 5.91 Å². The minimum Gasteiger partial charge on any atom is -0.366 e. The van der Waals surface area contributed by atoms with E-state index < -0.39 is 0 Å². The van der Waals surface area contributed by atoms with Crippen LogP contribution in [0.5, 0.6) is 0 Å². The zero-order chi connectivity index (χ0) is 16.1. The summed E-state index contributed by atoms with van der Waals surface area (Å²) < 4.78 is 0. The molecule has 0 heterocycles. The molecule has 124 valence electrons. The van der Waals surface area contributed by atoms with Crippen LogP contribution in [-0.2, 0) is 4.79 Å². The van der Waals surface area contributed by atoms with Gasteiger partial charge in [-0.3, -0.25) is 9.69 Å². The Morgan fingerprint density at radius 1 is 1.00 bits per heavy atom. The van der Waals surface area contributed by atoms with Crippen molar-refractivity contribution in [2.75, 3.05) is 13.1 Å². The maximum Gasteiger partial charge on any atom is 0.244 e. The Morgan fingerprint density at radius 2 is 1.48 bits per heavy atom. The minimum atomic E-state index is -0.307. The molecule has 0 spiro atoms. The van der Waals surface area contributed by atoms with Gasteiger partial charge in [0, 0.05) is 11.6 Å². The number of carbonyl (C=O) groups is 1. The number of nitrogens with zero attached hydrogens (tertiary/aromatic N) is 1. The van der Waals surface area contributed by atoms with Gasteiger partial charge >= 0.3 is 0 Å². The summed E-state index contributed by atoms with van der Waals surface area (Å²) in [7, 11) is 0. The van der Waals surface area contributed by atoms with Crippen LogP contribution in [0, 0.1) is 0 Å². The van der Waals surface area contributed by atoms with Crippen LogP contribution >= 0.6 is 0 Å². The van der Waals surface area contributed by atoms with Crippen molar-refractivity contribution in [3.05, 3.63) is 11.6 Å².